The second-order valence-electron chi connectivity index (χ2n) is 4.77. The van der Waals surface area contributed by atoms with E-state index in [1.165, 1.54) is 0 Å². The van der Waals surface area contributed by atoms with Crippen LogP contribution < -0.4 is 5.73 Å². The summed E-state index contributed by atoms with van der Waals surface area (Å²) in [5.74, 6) is 0. The number of thiazole rings is 1. The first kappa shape index (κ1) is 14.1. The monoisotopic (exact) mass is 276 g/mol. The maximum absolute atomic E-state index is 5.82. The second kappa shape index (κ2) is 6.75. The lowest BCUT2D eigenvalue weighted by molar-refractivity contribution is 0.326. The Morgan fingerprint density at radius 3 is 2.84 bits per heavy atom. The summed E-state index contributed by atoms with van der Waals surface area (Å²) in [7, 11) is 2.10. The fraction of sp³-hybridized carbons (Fsp3) is 0.429. The Morgan fingerprint density at radius 2 is 2.21 bits per heavy atom. The molecule has 4 nitrogen and oxygen atoms in total. The largest absolute Gasteiger partial charge is 0.322 e. The Morgan fingerprint density at radius 1 is 1.37 bits per heavy atom. The predicted octanol–water partition coefficient (Wildman–Crippen LogP) is 2.23. The maximum atomic E-state index is 5.82. The summed E-state index contributed by atoms with van der Waals surface area (Å²) in [6, 6.07) is 6.05. The zero-order valence-electron chi connectivity index (χ0n) is 11.4. The van der Waals surface area contributed by atoms with Crippen LogP contribution in [0, 0.1) is 0 Å². The number of rotatable bonds is 6. The van der Waals surface area contributed by atoms with Gasteiger partial charge in [0.15, 0.2) is 0 Å². The minimum Gasteiger partial charge on any atom is -0.322 e. The number of aromatic nitrogens is 2. The lowest BCUT2D eigenvalue weighted by Gasteiger charge is -2.14. The van der Waals surface area contributed by atoms with Crippen molar-refractivity contribution < 1.29 is 0 Å². The van der Waals surface area contributed by atoms with Crippen LogP contribution in [0.5, 0.6) is 0 Å². The Labute approximate surface area is 118 Å². The van der Waals surface area contributed by atoms with Gasteiger partial charge in [0.1, 0.15) is 5.01 Å². The van der Waals surface area contributed by atoms with Crippen molar-refractivity contribution in [2.75, 3.05) is 13.6 Å². The van der Waals surface area contributed by atoms with E-state index in [4.69, 9.17) is 5.73 Å². The molecule has 0 fully saturated rings. The van der Waals surface area contributed by atoms with Crippen molar-refractivity contribution in [1.82, 2.24) is 14.9 Å². The number of nitrogens with zero attached hydrogens (tertiary/aromatic N) is 3. The van der Waals surface area contributed by atoms with E-state index in [9.17, 15) is 0 Å². The van der Waals surface area contributed by atoms with E-state index in [2.05, 4.69) is 33.4 Å². The molecule has 0 aliphatic carbocycles. The average molecular weight is 276 g/mol. The fourth-order valence-electron chi connectivity index (χ4n) is 1.81. The van der Waals surface area contributed by atoms with Gasteiger partial charge in [0.2, 0.25) is 0 Å². The maximum Gasteiger partial charge on any atom is 0.109 e. The average Bonchev–Trinajstić information content (AvgIpc) is 2.86. The Bertz CT molecular complexity index is 495. The lowest BCUT2D eigenvalue weighted by Crippen LogP contribution is -2.21. The molecule has 0 saturated heterocycles. The van der Waals surface area contributed by atoms with Crippen molar-refractivity contribution in [1.29, 1.82) is 0 Å². The number of pyridine rings is 1. The molecule has 2 heterocycles. The zero-order chi connectivity index (χ0) is 13.7. The van der Waals surface area contributed by atoms with Gasteiger partial charge < -0.3 is 10.6 Å². The summed E-state index contributed by atoms with van der Waals surface area (Å²) in [5.41, 5.74) is 8.05. The number of hydrogen-bond donors (Lipinski definition) is 1. The van der Waals surface area contributed by atoms with Crippen LogP contribution in [0.25, 0.3) is 0 Å². The van der Waals surface area contributed by atoms with Crippen molar-refractivity contribution in [3.8, 4) is 0 Å². The smallest absolute Gasteiger partial charge is 0.109 e. The van der Waals surface area contributed by atoms with Crippen LogP contribution in [0.15, 0.2) is 29.8 Å². The molecule has 2 N–H and O–H groups in total. The molecule has 1 unspecified atom stereocenters. The third kappa shape index (κ3) is 4.38. The zero-order valence-corrected chi connectivity index (χ0v) is 12.2. The van der Waals surface area contributed by atoms with E-state index in [0.29, 0.717) is 0 Å². The van der Waals surface area contributed by atoms with E-state index in [1.54, 1.807) is 11.3 Å². The van der Waals surface area contributed by atoms with E-state index in [0.717, 1.165) is 35.9 Å². The highest BCUT2D eigenvalue weighted by Gasteiger charge is 2.08. The van der Waals surface area contributed by atoms with Crippen molar-refractivity contribution in [2.45, 2.75) is 25.9 Å². The first-order chi connectivity index (χ1) is 9.15. The van der Waals surface area contributed by atoms with Gasteiger partial charge in [-0.25, -0.2) is 4.98 Å². The summed E-state index contributed by atoms with van der Waals surface area (Å²) in [6.45, 7) is 3.80. The Balaban J connectivity index is 1.82. The summed E-state index contributed by atoms with van der Waals surface area (Å²) in [5, 5.41) is 3.10. The van der Waals surface area contributed by atoms with Gasteiger partial charge in [-0.3, -0.25) is 4.98 Å². The summed E-state index contributed by atoms with van der Waals surface area (Å²) >= 11 is 1.64. The van der Waals surface area contributed by atoms with Gasteiger partial charge >= 0.3 is 0 Å². The molecule has 2 aromatic rings. The van der Waals surface area contributed by atoms with E-state index < -0.39 is 0 Å². The Hall–Kier alpha value is -1.30. The molecule has 0 saturated carbocycles. The van der Waals surface area contributed by atoms with Crippen LogP contribution in [-0.2, 0) is 13.0 Å². The number of hydrogen-bond acceptors (Lipinski definition) is 5. The molecule has 1 atom stereocenters. The molecule has 0 bridgehead atoms. The first-order valence-corrected chi connectivity index (χ1v) is 7.31. The van der Waals surface area contributed by atoms with Crippen LogP contribution >= 0.6 is 11.3 Å². The molecule has 0 spiro atoms. The quantitative estimate of drug-likeness (QED) is 0.879. The van der Waals surface area contributed by atoms with E-state index in [1.807, 2.05) is 25.3 Å². The molecule has 0 amide bonds. The normalized spacial score (nSPS) is 12.8. The number of nitrogens with two attached hydrogens (primary N) is 1. The van der Waals surface area contributed by atoms with Crippen LogP contribution in [-0.4, -0.2) is 28.5 Å². The van der Waals surface area contributed by atoms with Gasteiger partial charge in [-0.2, -0.15) is 0 Å². The fourth-order valence-corrected chi connectivity index (χ4v) is 2.58. The molecule has 102 valence electrons. The van der Waals surface area contributed by atoms with Crippen LogP contribution in [0.2, 0.25) is 0 Å². The molecule has 0 radical (unpaired) electrons. The minimum absolute atomic E-state index is 0.0255. The highest BCUT2D eigenvalue weighted by molar-refractivity contribution is 7.09. The Kier molecular flexibility index (Phi) is 5.01. The molecular weight excluding hydrogens is 256 g/mol. The number of likely N-dealkylation sites (N-methyl/N-ethyl adjacent to an activating group) is 1. The second-order valence-corrected chi connectivity index (χ2v) is 5.66. The van der Waals surface area contributed by atoms with Crippen molar-refractivity contribution in [3.63, 3.8) is 0 Å². The van der Waals surface area contributed by atoms with Crippen LogP contribution in [0.3, 0.4) is 0 Å². The molecule has 0 aliphatic rings. The topological polar surface area (TPSA) is 55.0 Å². The van der Waals surface area contributed by atoms with Crippen LogP contribution in [0.1, 0.15) is 29.4 Å². The van der Waals surface area contributed by atoms with Crippen molar-refractivity contribution >= 4 is 11.3 Å². The van der Waals surface area contributed by atoms with E-state index >= 15 is 0 Å². The minimum atomic E-state index is 0.0255. The van der Waals surface area contributed by atoms with Crippen molar-refractivity contribution in [3.05, 3.63) is 46.2 Å². The van der Waals surface area contributed by atoms with Crippen LogP contribution in [0.4, 0.5) is 0 Å². The van der Waals surface area contributed by atoms with Gasteiger partial charge in [0.05, 0.1) is 11.7 Å². The van der Waals surface area contributed by atoms with Gasteiger partial charge in [-0.1, -0.05) is 6.07 Å². The van der Waals surface area contributed by atoms with Gasteiger partial charge in [0.25, 0.3) is 0 Å². The molecular formula is C14H20N4S. The first-order valence-electron chi connectivity index (χ1n) is 6.43. The predicted molar refractivity (Wildman–Crippen MR) is 79.0 cm³/mol. The highest BCUT2D eigenvalue weighted by Crippen LogP contribution is 2.16. The van der Waals surface area contributed by atoms with Gasteiger partial charge in [-0.15, -0.1) is 11.3 Å². The summed E-state index contributed by atoms with van der Waals surface area (Å²) < 4.78 is 0. The molecule has 0 aromatic carbocycles. The molecule has 0 aliphatic heterocycles. The highest BCUT2D eigenvalue weighted by atomic mass is 32.1. The summed E-state index contributed by atoms with van der Waals surface area (Å²) in [6.07, 6.45) is 2.80. The van der Waals surface area contributed by atoms with Crippen molar-refractivity contribution in [2.24, 2.45) is 5.73 Å². The third-order valence-corrected chi connectivity index (χ3v) is 3.96. The SMILES string of the molecule is CC(N)c1nc(CN(C)CCc2ccccn2)cs1. The third-order valence-electron chi connectivity index (χ3n) is 2.87. The molecule has 2 rings (SSSR count). The molecule has 5 heteroatoms. The van der Waals surface area contributed by atoms with Gasteiger partial charge in [-0.05, 0) is 26.1 Å². The molecule has 2 aromatic heterocycles. The van der Waals surface area contributed by atoms with Gasteiger partial charge in [0, 0.05) is 36.8 Å². The lowest BCUT2D eigenvalue weighted by atomic mass is 10.2. The standard InChI is InChI=1S/C14H20N4S/c1-11(15)14-17-13(10-19-14)9-18(2)8-6-12-5-3-4-7-16-12/h3-5,7,10-11H,6,8-9,15H2,1-2H3. The summed E-state index contributed by atoms with van der Waals surface area (Å²) in [4.78, 5) is 11.1. The van der Waals surface area contributed by atoms with E-state index in [-0.39, 0.29) is 6.04 Å². The molecule has 19 heavy (non-hydrogen) atoms.